The molecule has 8 aromatic carbocycles. The molecule has 0 bridgehead atoms. The number of anilines is 6. The summed E-state index contributed by atoms with van der Waals surface area (Å²) in [6.07, 6.45) is 0. The van der Waals surface area contributed by atoms with E-state index in [4.69, 9.17) is 4.74 Å². The highest BCUT2D eigenvalue weighted by atomic mass is 28.3. The Morgan fingerprint density at radius 2 is 0.667 bits per heavy atom. The van der Waals surface area contributed by atoms with Crippen molar-refractivity contribution in [3.63, 3.8) is 0 Å². The molecular weight excluding hydrogens is 745 g/mol. The minimum absolute atomic E-state index is 0.0514. The van der Waals surface area contributed by atoms with E-state index >= 15 is 0 Å². The van der Waals surface area contributed by atoms with Crippen molar-refractivity contribution in [1.82, 2.24) is 0 Å². The summed E-state index contributed by atoms with van der Waals surface area (Å²) in [7, 11) is -3.10. The number of hydrogen-bond donors (Lipinski definition) is 0. The van der Waals surface area contributed by atoms with E-state index in [0.717, 1.165) is 45.6 Å². The second-order valence-electron chi connectivity index (χ2n) is 18.2. The van der Waals surface area contributed by atoms with Crippen LogP contribution in [0.3, 0.4) is 0 Å². The first kappa shape index (κ1) is 37.6. The van der Waals surface area contributed by atoms with E-state index in [1.54, 1.807) is 0 Å². The van der Waals surface area contributed by atoms with Gasteiger partial charge in [-0.1, -0.05) is 151 Å². The molecule has 8 aromatic rings. The van der Waals surface area contributed by atoms with Crippen LogP contribution in [0.15, 0.2) is 194 Å². The number of fused-ring (bicyclic) bond motifs is 9. The van der Waals surface area contributed by atoms with Crippen molar-refractivity contribution in [1.29, 1.82) is 0 Å². The lowest BCUT2D eigenvalue weighted by Crippen LogP contribution is -2.74. The molecule has 0 fully saturated rings. The number of para-hydroxylation sites is 4. The predicted molar refractivity (Wildman–Crippen MR) is 256 cm³/mol. The second kappa shape index (κ2) is 14.3. The summed E-state index contributed by atoms with van der Waals surface area (Å²) in [5.41, 5.74) is 11.8. The SMILES string of the molecule is CC(C)(C)c1ccc2c(c1)Oc1cc(C(C)(C)C)ccc1[Si]21c2cc(N(c3ccccc3)c3ccccc3)ccc2-c2ccc(N(c3ccccc3)c3ccccc3)cc21. The summed E-state index contributed by atoms with van der Waals surface area (Å²) in [6.45, 7) is 13.7. The van der Waals surface area contributed by atoms with Gasteiger partial charge in [0.1, 0.15) is 11.5 Å². The number of rotatable bonds is 6. The molecule has 0 N–H and O–H groups in total. The fourth-order valence-corrected chi connectivity index (χ4v) is 14.8. The van der Waals surface area contributed by atoms with Gasteiger partial charge in [0, 0.05) is 34.1 Å². The van der Waals surface area contributed by atoms with Crippen molar-refractivity contribution in [2.24, 2.45) is 0 Å². The number of hydrogen-bond acceptors (Lipinski definition) is 3. The van der Waals surface area contributed by atoms with Crippen LogP contribution in [0.2, 0.25) is 0 Å². The van der Waals surface area contributed by atoms with Gasteiger partial charge in [0.2, 0.25) is 0 Å². The van der Waals surface area contributed by atoms with Gasteiger partial charge >= 0.3 is 0 Å². The van der Waals surface area contributed by atoms with E-state index in [2.05, 4.69) is 245 Å². The van der Waals surface area contributed by atoms with Crippen molar-refractivity contribution in [3.05, 3.63) is 205 Å². The molecule has 0 saturated carbocycles. The van der Waals surface area contributed by atoms with Gasteiger partial charge in [0.15, 0.2) is 8.07 Å². The van der Waals surface area contributed by atoms with Crippen LogP contribution in [0.1, 0.15) is 52.7 Å². The molecule has 0 aromatic heterocycles. The first-order chi connectivity index (χ1) is 29.0. The standard InChI is InChI=1S/C56H50N2OSi/c1-55(2,3)39-27-33-51-49(35-39)59-50-36-40(56(4,5)6)28-34-52(50)60(51)53-37-45(57(41-19-11-7-12-20-41)42-21-13-8-14-22-42)29-31-47(53)48-32-30-46(38-54(48)60)58(43-23-15-9-16-24-43)44-25-17-10-18-26-44/h7-38H,1-6H3. The summed E-state index contributed by atoms with van der Waals surface area (Å²) < 4.78 is 7.21. The zero-order valence-electron chi connectivity index (χ0n) is 35.3. The monoisotopic (exact) mass is 794 g/mol. The Balaban J connectivity index is 1.31. The van der Waals surface area contributed by atoms with Crippen LogP contribution < -0.4 is 35.3 Å². The molecule has 60 heavy (non-hydrogen) atoms. The van der Waals surface area contributed by atoms with Gasteiger partial charge in [0.05, 0.1) is 0 Å². The van der Waals surface area contributed by atoms with E-state index in [-0.39, 0.29) is 10.8 Å². The molecule has 0 unspecified atom stereocenters. The zero-order valence-corrected chi connectivity index (χ0v) is 36.3. The van der Waals surface area contributed by atoms with Gasteiger partial charge in [-0.15, -0.1) is 0 Å². The first-order valence-electron chi connectivity index (χ1n) is 21.1. The highest BCUT2D eigenvalue weighted by Gasteiger charge is 2.54. The number of benzene rings is 8. The lowest BCUT2D eigenvalue weighted by molar-refractivity contribution is 0.479. The van der Waals surface area contributed by atoms with Gasteiger partial charge in [-0.05, 0) is 139 Å². The van der Waals surface area contributed by atoms with Crippen LogP contribution in [0.5, 0.6) is 11.5 Å². The van der Waals surface area contributed by atoms with Gasteiger partial charge in [-0.25, -0.2) is 0 Å². The predicted octanol–water partition coefficient (Wildman–Crippen LogP) is 12.7. The minimum atomic E-state index is -3.10. The molecule has 0 saturated heterocycles. The average Bonchev–Trinajstić information content (AvgIpc) is 3.53. The first-order valence-corrected chi connectivity index (χ1v) is 23.1. The molecular formula is C56H50N2OSi. The fourth-order valence-electron chi connectivity index (χ4n) is 9.39. The Kier molecular flexibility index (Phi) is 8.96. The van der Waals surface area contributed by atoms with Crippen molar-refractivity contribution in [3.8, 4) is 22.6 Å². The second-order valence-corrected chi connectivity index (χ2v) is 21.9. The van der Waals surface area contributed by atoms with E-state index < -0.39 is 8.07 Å². The Bertz CT molecular complexity index is 2580. The summed E-state index contributed by atoms with van der Waals surface area (Å²) in [5.74, 6) is 1.93. The summed E-state index contributed by atoms with van der Waals surface area (Å²) in [6, 6.07) is 71.7. The molecule has 0 atom stereocenters. The molecule has 2 aliphatic heterocycles. The Hall–Kier alpha value is -6.62. The molecule has 0 amide bonds. The minimum Gasteiger partial charge on any atom is -0.458 e. The lowest BCUT2D eigenvalue weighted by Gasteiger charge is -2.39. The van der Waals surface area contributed by atoms with Crippen LogP contribution in [0, 0.1) is 0 Å². The fraction of sp³-hybridized carbons (Fsp3) is 0.143. The highest BCUT2D eigenvalue weighted by molar-refractivity contribution is 7.23. The maximum Gasteiger partial charge on any atom is 0.189 e. The van der Waals surface area contributed by atoms with Crippen molar-refractivity contribution in [2.75, 3.05) is 9.80 Å². The molecule has 0 radical (unpaired) electrons. The van der Waals surface area contributed by atoms with Crippen LogP contribution in [-0.2, 0) is 10.8 Å². The number of ether oxygens (including phenoxy) is 1. The van der Waals surface area contributed by atoms with Gasteiger partial charge in [0.25, 0.3) is 0 Å². The van der Waals surface area contributed by atoms with Gasteiger partial charge in [-0.2, -0.15) is 0 Å². The normalized spacial score (nSPS) is 13.4. The summed E-state index contributed by atoms with van der Waals surface area (Å²) in [4.78, 5) is 4.80. The molecule has 3 nitrogen and oxygen atoms in total. The summed E-state index contributed by atoms with van der Waals surface area (Å²) >= 11 is 0. The van der Waals surface area contributed by atoms with Crippen LogP contribution in [0.25, 0.3) is 11.1 Å². The molecule has 0 aliphatic carbocycles. The molecule has 2 heterocycles. The van der Waals surface area contributed by atoms with Crippen LogP contribution in [-0.4, -0.2) is 8.07 Å². The van der Waals surface area contributed by atoms with E-state index in [1.165, 1.54) is 43.0 Å². The van der Waals surface area contributed by atoms with Crippen molar-refractivity contribution >= 4 is 62.9 Å². The van der Waals surface area contributed by atoms with E-state index in [0.29, 0.717) is 0 Å². The Morgan fingerprint density at radius 1 is 0.333 bits per heavy atom. The smallest absolute Gasteiger partial charge is 0.189 e. The molecule has 2 aliphatic rings. The quantitative estimate of drug-likeness (QED) is 0.156. The third-order valence-corrected chi connectivity index (χ3v) is 17.3. The van der Waals surface area contributed by atoms with Crippen molar-refractivity contribution < 1.29 is 4.74 Å². The maximum absolute atomic E-state index is 7.21. The largest absolute Gasteiger partial charge is 0.458 e. The average molecular weight is 795 g/mol. The molecule has 4 heteroatoms. The zero-order chi connectivity index (χ0) is 41.2. The van der Waals surface area contributed by atoms with Crippen LogP contribution >= 0.6 is 0 Å². The Labute approximate surface area is 356 Å². The highest BCUT2D eigenvalue weighted by Crippen LogP contribution is 2.44. The third kappa shape index (κ3) is 6.17. The molecule has 10 rings (SSSR count). The Morgan fingerprint density at radius 3 is 0.983 bits per heavy atom. The molecule has 294 valence electrons. The van der Waals surface area contributed by atoms with Crippen LogP contribution in [0.4, 0.5) is 34.1 Å². The van der Waals surface area contributed by atoms with E-state index in [1.807, 2.05) is 0 Å². The van der Waals surface area contributed by atoms with Crippen molar-refractivity contribution in [2.45, 2.75) is 52.4 Å². The van der Waals surface area contributed by atoms with Gasteiger partial charge < -0.3 is 14.5 Å². The number of nitrogens with zero attached hydrogens (tertiary/aromatic N) is 2. The third-order valence-electron chi connectivity index (χ3n) is 12.4. The topological polar surface area (TPSA) is 15.7 Å². The van der Waals surface area contributed by atoms with E-state index in [9.17, 15) is 0 Å². The maximum atomic E-state index is 7.21. The lowest BCUT2D eigenvalue weighted by atomic mass is 9.87. The summed E-state index contributed by atoms with van der Waals surface area (Å²) in [5, 5.41) is 5.34. The molecule has 1 spiro atoms. The van der Waals surface area contributed by atoms with Gasteiger partial charge in [-0.3, -0.25) is 0 Å².